The van der Waals surface area contributed by atoms with E-state index in [2.05, 4.69) is 5.32 Å². The predicted molar refractivity (Wildman–Crippen MR) is 76.2 cm³/mol. The Labute approximate surface area is 113 Å². The molecule has 3 nitrogen and oxygen atoms in total. The summed E-state index contributed by atoms with van der Waals surface area (Å²) in [7, 11) is 1.91. The van der Waals surface area contributed by atoms with Crippen LogP contribution in [0.15, 0.2) is 29.2 Å². The van der Waals surface area contributed by atoms with E-state index in [4.69, 9.17) is 0 Å². The summed E-state index contributed by atoms with van der Waals surface area (Å²) in [4.78, 5) is 15.5. The Balaban J connectivity index is 2.14. The lowest BCUT2D eigenvalue weighted by atomic mass is 10.1. The first-order valence-corrected chi connectivity index (χ1v) is 7.57. The monoisotopic (exact) mass is 264 g/mol. The standard InChI is InChI=1S/C14H20N2OS/c1-16(11-6-5-9-15-10-11)14(17)12-7-3-4-8-13(12)18-2/h3-4,7-8,11,15H,5-6,9-10H2,1-2H3. The van der Waals surface area contributed by atoms with Crippen molar-refractivity contribution in [2.24, 2.45) is 0 Å². The third kappa shape index (κ3) is 2.87. The highest BCUT2D eigenvalue weighted by Gasteiger charge is 2.23. The Morgan fingerprint density at radius 3 is 2.89 bits per heavy atom. The Morgan fingerprint density at radius 1 is 1.44 bits per heavy atom. The fourth-order valence-corrected chi connectivity index (χ4v) is 2.93. The van der Waals surface area contributed by atoms with Gasteiger partial charge in [0.1, 0.15) is 0 Å². The molecule has 1 unspecified atom stereocenters. The van der Waals surface area contributed by atoms with Crippen LogP contribution >= 0.6 is 11.8 Å². The average molecular weight is 264 g/mol. The number of rotatable bonds is 3. The van der Waals surface area contributed by atoms with Gasteiger partial charge < -0.3 is 10.2 Å². The number of piperidine rings is 1. The number of carbonyl (C=O) groups is 1. The topological polar surface area (TPSA) is 32.3 Å². The van der Waals surface area contributed by atoms with Gasteiger partial charge in [0, 0.05) is 24.5 Å². The second-order valence-corrected chi connectivity index (χ2v) is 5.46. The summed E-state index contributed by atoms with van der Waals surface area (Å²) in [5, 5.41) is 3.35. The summed E-state index contributed by atoms with van der Waals surface area (Å²) in [5.74, 6) is 0.133. The van der Waals surface area contributed by atoms with E-state index in [9.17, 15) is 4.79 Å². The van der Waals surface area contributed by atoms with Crippen LogP contribution in [0, 0.1) is 0 Å². The van der Waals surface area contributed by atoms with E-state index in [0.717, 1.165) is 36.4 Å². The molecule has 98 valence electrons. The SMILES string of the molecule is CSc1ccccc1C(=O)N(C)C1CCCNC1. The maximum Gasteiger partial charge on any atom is 0.255 e. The van der Waals surface area contributed by atoms with Gasteiger partial charge in [-0.1, -0.05) is 12.1 Å². The second-order valence-electron chi connectivity index (χ2n) is 4.62. The molecule has 1 saturated heterocycles. The lowest BCUT2D eigenvalue weighted by Crippen LogP contribution is -2.46. The smallest absolute Gasteiger partial charge is 0.255 e. The van der Waals surface area contributed by atoms with E-state index in [1.54, 1.807) is 11.8 Å². The van der Waals surface area contributed by atoms with Crippen molar-refractivity contribution in [1.82, 2.24) is 10.2 Å². The van der Waals surface area contributed by atoms with Gasteiger partial charge in [0.15, 0.2) is 0 Å². The van der Waals surface area contributed by atoms with Gasteiger partial charge in [-0.25, -0.2) is 0 Å². The van der Waals surface area contributed by atoms with E-state index in [1.165, 1.54) is 0 Å². The van der Waals surface area contributed by atoms with Crippen molar-refractivity contribution in [1.29, 1.82) is 0 Å². The van der Waals surface area contributed by atoms with E-state index < -0.39 is 0 Å². The number of hydrogen-bond donors (Lipinski definition) is 1. The van der Waals surface area contributed by atoms with Crippen LogP contribution in [0.3, 0.4) is 0 Å². The molecule has 1 amide bonds. The highest BCUT2D eigenvalue weighted by atomic mass is 32.2. The van der Waals surface area contributed by atoms with E-state index >= 15 is 0 Å². The number of benzene rings is 1. The molecular formula is C14H20N2OS. The zero-order chi connectivity index (χ0) is 13.0. The van der Waals surface area contributed by atoms with Gasteiger partial charge in [0.25, 0.3) is 5.91 Å². The number of carbonyl (C=O) groups excluding carboxylic acids is 1. The molecule has 1 aromatic rings. The second kappa shape index (κ2) is 6.25. The highest BCUT2D eigenvalue weighted by molar-refractivity contribution is 7.98. The van der Waals surface area contributed by atoms with Crippen LogP contribution < -0.4 is 5.32 Å². The summed E-state index contributed by atoms with van der Waals surface area (Å²) in [5.41, 5.74) is 0.818. The van der Waals surface area contributed by atoms with Crippen LogP contribution in [0.1, 0.15) is 23.2 Å². The summed E-state index contributed by atoms with van der Waals surface area (Å²) in [6.07, 6.45) is 4.25. The molecule has 0 bridgehead atoms. The lowest BCUT2D eigenvalue weighted by molar-refractivity contribution is 0.0705. The van der Waals surface area contributed by atoms with Gasteiger partial charge in [0.2, 0.25) is 0 Å². The maximum atomic E-state index is 12.5. The largest absolute Gasteiger partial charge is 0.337 e. The number of nitrogens with one attached hydrogen (secondary N) is 1. The van der Waals surface area contributed by atoms with Gasteiger partial charge in [-0.3, -0.25) is 4.79 Å². The molecular weight excluding hydrogens is 244 g/mol. The summed E-state index contributed by atoms with van der Waals surface area (Å²) in [6.45, 7) is 1.98. The van der Waals surface area contributed by atoms with Gasteiger partial charge >= 0.3 is 0 Å². The van der Waals surface area contributed by atoms with Gasteiger partial charge in [-0.2, -0.15) is 0 Å². The highest BCUT2D eigenvalue weighted by Crippen LogP contribution is 2.22. The minimum absolute atomic E-state index is 0.133. The van der Waals surface area contributed by atoms with Gasteiger partial charge in [-0.05, 0) is 37.8 Å². The van der Waals surface area contributed by atoms with Crippen molar-refractivity contribution in [2.45, 2.75) is 23.8 Å². The molecule has 0 saturated carbocycles. The van der Waals surface area contributed by atoms with Gasteiger partial charge in [-0.15, -0.1) is 11.8 Å². The first-order chi connectivity index (χ1) is 8.74. The molecule has 1 heterocycles. The molecule has 0 spiro atoms. The number of likely N-dealkylation sites (N-methyl/N-ethyl adjacent to an activating group) is 1. The summed E-state index contributed by atoms with van der Waals surface area (Å²) >= 11 is 1.62. The normalized spacial score (nSPS) is 19.6. The van der Waals surface area contributed by atoms with Crippen LogP contribution in [0.5, 0.6) is 0 Å². The quantitative estimate of drug-likeness (QED) is 0.850. The molecule has 2 rings (SSSR count). The Bertz CT molecular complexity index is 416. The third-order valence-corrected chi connectivity index (χ3v) is 4.27. The number of hydrogen-bond acceptors (Lipinski definition) is 3. The fraction of sp³-hybridized carbons (Fsp3) is 0.500. The van der Waals surface area contributed by atoms with Crippen molar-refractivity contribution in [2.75, 3.05) is 26.4 Å². The average Bonchev–Trinajstić information content (AvgIpc) is 2.46. The molecule has 1 N–H and O–H groups in total. The molecule has 1 atom stereocenters. The first-order valence-electron chi connectivity index (χ1n) is 6.35. The lowest BCUT2D eigenvalue weighted by Gasteiger charge is -2.32. The van der Waals surface area contributed by atoms with Crippen molar-refractivity contribution in [3.05, 3.63) is 29.8 Å². The predicted octanol–water partition coefficient (Wildman–Crippen LogP) is 2.23. The number of amides is 1. The van der Waals surface area contributed by atoms with Crippen molar-refractivity contribution < 1.29 is 4.79 Å². The minimum Gasteiger partial charge on any atom is -0.337 e. The molecule has 18 heavy (non-hydrogen) atoms. The Kier molecular flexibility index (Phi) is 4.66. The Morgan fingerprint density at radius 2 is 2.22 bits per heavy atom. The Hall–Kier alpha value is -1.00. The molecule has 1 aromatic carbocycles. The van der Waals surface area contributed by atoms with Crippen molar-refractivity contribution >= 4 is 17.7 Å². The maximum absolute atomic E-state index is 12.5. The first kappa shape index (κ1) is 13.4. The molecule has 4 heteroatoms. The number of nitrogens with zero attached hydrogens (tertiary/aromatic N) is 1. The molecule has 0 aromatic heterocycles. The van der Waals surface area contributed by atoms with Crippen LogP contribution in [0.2, 0.25) is 0 Å². The van der Waals surface area contributed by atoms with E-state index in [-0.39, 0.29) is 5.91 Å². The third-order valence-electron chi connectivity index (χ3n) is 3.48. The van der Waals surface area contributed by atoms with Crippen LogP contribution in [-0.2, 0) is 0 Å². The molecule has 1 aliphatic heterocycles. The molecule has 0 radical (unpaired) electrons. The van der Waals surface area contributed by atoms with Crippen LogP contribution in [-0.4, -0.2) is 43.2 Å². The van der Waals surface area contributed by atoms with Crippen LogP contribution in [0.25, 0.3) is 0 Å². The van der Waals surface area contributed by atoms with E-state index in [0.29, 0.717) is 6.04 Å². The van der Waals surface area contributed by atoms with Crippen molar-refractivity contribution in [3.63, 3.8) is 0 Å². The van der Waals surface area contributed by atoms with Gasteiger partial charge in [0.05, 0.1) is 5.56 Å². The fourth-order valence-electron chi connectivity index (χ4n) is 2.34. The van der Waals surface area contributed by atoms with Crippen LogP contribution in [0.4, 0.5) is 0 Å². The zero-order valence-corrected chi connectivity index (χ0v) is 11.8. The minimum atomic E-state index is 0.133. The van der Waals surface area contributed by atoms with Crippen molar-refractivity contribution in [3.8, 4) is 0 Å². The summed E-state index contributed by atoms with van der Waals surface area (Å²) < 4.78 is 0. The molecule has 1 aliphatic rings. The number of thioether (sulfide) groups is 1. The zero-order valence-electron chi connectivity index (χ0n) is 11.0. The molecule has 0 aliphatic carbocycles. The molecule has 1 fully saturated rings. The van der Waals surface area contributed by atoms with E-state index in [1.807, 2.05) is 42.5 Å². The summed E-state index contributed by atoms with van der Waals surface area (Å²) in [6, 6.07) is 8.15.